The van der Waals surface area contributed by atoms with Crippen LogP contribution in [0.25, 0.3) is 11.5 Å². The maximum absolute atomic E-state index is 13.6. The van der Waals surface area contributed by atoms with Crippen LogP contribution in [-0.2, 0) is 16.4 Å². The summed E-state index contributed by atoms with van der Waals surface area (Å²) in [6, 6.07) is 15.2. The Kier molecular flexibility index (Phi) is 5.41. The van der Waals surface area contributed by atoms with Crippen molar-refractivity contribution in [3.05, 3.63) is 72.0 Å². The molecule has 0 atom stereocenters. The van der Waals surface area contributed by atoms with Crippen molar-refractivity contribution in [1.82, 2.24) is 4.98 Å². The van der Waals surface area contributed by atoms with Gasteiger partial charge in [0.25, 0.3) is 0 Å². The number of benzene rings is 3. The molecule has 1 N–H and O–H groups in total. The molecule has 6 rings (SSSR count). The van der Waals surface area contributed by atoms with Crippen LogP contribution in [0.5, 0.6) is 23.0 Å². The van der Waals surface area contributed by atoms with Crippen LogP contribution in [0.1, 0.15) is 5.56 Å². The quantitative estimate of drug-likeness (QED) is 0.403. The summed E-state index contributed by atoms with van der Waals surface area (Å²) in [6.07, 6.45) is 0. The number of ether oxygens (including phenoxy) is 4. The minimum atomic E-state index is -4.13. The predicted molar refractivity (Wildman–Crippen MR) is 125 cm³/mol. The standard InChI is InChI=1S/C25H19FN2O7S/c26-17-4-2-16(3-5-17)23-28-25(36(29,30)18-6-8-19-22(12-18)32-10-9-31-19)24(35-23)27-13-15-1-7-20-21(11-15)34-14-33-20/h1-8,11-12,27H,9-10,13-14H2. The number of fused-ring (bicyclic) bond motifs is 2. The number of nitrogens with zero attached hydrogens (tertiary/aromatic N) is 1. The van der Waals surface area contributed by atoms with E-state index in [2.05, 4.69) is 10.3 Å². The van der Waals surface area contributed by atoms with Gasteiger partial charge in [-0.2, -0.15) is 4.98 Å². The van der Waals surface area contributed by atoms with Crippen LogP contribution < -0.4 is 24.3 Å². The molecule has 0 saturated carbocycles. The van der Waals surface area contributed by atoms with Gasteiger partial charge < -0.3 is 28.7 Å². The lowest BCUT2D eigenvalue weighted by Crippen LogP contribution is -2.16. The first-order valence-corrected chi connectivity index (χ1v) is 12.5. The van der Waals surface area contributed by atoms with E-state index in [0.29, 0.717) is 41.8 Å². The number of halogens is 1. The van der Waals surface area contributed by atoms with E-state index in [1.54, 1.807) is 18.2 Å². The molecular weight excluding hydrogens is 491 g/mol. The van der Waals surface area contributed by atoms with E-state index in [1.807, 2.05) is 6.07 Å². The molecule has 3 heterocycles. The number of aromatic nitrogens is 1. The van der Waals surface area contributed by atoms with Gasteiger partial charge in [0.05, 0.1) is 4.90 Å². The van der Waals surface area contributed by atoms with Crippen molar-refractivity contribution in [3.8, 4) is 34.5 Å². The average Bonchev–Trinajstić information content (AvgIpc) is 3.55. The molecule has 0 fully saturated rings. The second-order valence-corrected chi connectivity index (χ2v) is 9.88. The van der Waals surface area contributed by atoms with E-state index < -0.39 is 15.7 Å². The van der Waals surface area contributed by atoms with Crippen LogP contribution >= 0.6 is 0 Å². The predicted octanol–water partition coefficient (Wildman–Crippen LogP) is 4.43. The van der Waals surface area contributed by atoms with Crippen molar-refractivity contribution >= 4 is 15.7 Å². The third-order valence-corrected chi connectivity index (χ3v) is 7.32. The Labute approximate surface area is 205 Å². The number of sulfone groups is 1. The zero-order chi connectivity index (χ0) is 24.7. The Bertz CT molecular complexity index is 1550. The summed E-state index contributed by atoms with van der Waals surface area (Å²) in [5.74, 6) is 1.58. The van der Waals surface area contributed by atoms with Crippen LogP contribution in [0.15, 0.2) is 75.0 Å². The SMILES string of the molecule is O=S(=O)(c1ccc2c(c1)OCCO2)c1nc(-c2ccc(F)cc2)oc1NCc1ccc2c(c1)OCO2. The molecule has 9 nitrogen and oxygen atoms in total. The van der Waals surface area contributed by atoms with Gasteiger partial charge in [-0.15, -0.1) is 0 Å². The number of hydrogen-bond acceptors (Lipinski definition) is 9. The fourth-order valence-electron chi connectivity index (χ4n) is 3.85. The molecule has 36 heavy (non-hydrogen) atoms. The zero-order valence-electron chi connectivity index (χ0n) is 18.7. The Morgan fingerprint density at radius 3 is 2.36 bits per heavy atom. The summed E-state index contributed by atoms with van der Waals surface area (Å²) in [5.41, 5.74) is 1.23. The molecule has 0 saturated heterocycles. The molecule has 0 radical (unpaired) electrons. The summed E-state index contributed by atoms with van der Waals surface area (Å²) < 4.78 is 68.4. The first-order chi connectivity index (χ1) is 17.5. The Hall–Kier alpha value is -4.25. The van der Waals surface area contributed by atoms with Gasteiger partial charge in [-0.25, -0.2) is 12.8 Å². The van der Waals surface area contributed by atoms with Crippen molar-refractivity contribution in [3.63, 3.8) is 0 Å². The third-order valence-electron chi connectivity index (χ3n) is 5.66. The highest BCUT2D eigenvalue weighted by Gasteiger charge is 2.30. The average molecular weight is 510 g/mol. The zero-order valence-corrected chi connectivity index (χ0v) is 19.5. The van der Waals surface area contributed by atoms with E-state index in [9.17, 15) is 12.8 Å². The molecule has 184 valence electrons. The van der Waals surface area contributed by atoms with E-state index >= 15 is 0 Å². The summed E-state index contributed by atoms with van der Waals surface area (Å²) in [4.78, 5) is 4.25. The van der Waals surface area contributed by atoms with Gasteiger partial charge in [0.2, 0.25) is 33.4 Å². The highest BCUT2D eigenvalue weighted by Crippen LogP contribution is 2.38. The van der Waals surface area contributed by atoms with Gasteiger partial charge in [-0.3, -0.25) is 0 Å². The van der Waals surface area contributed by atoms with Gasteiger partial charge in [-0.05, 0) is 54.1 Å². The minimum Gasteiger partial charge on any atom is -0.486 e. The molecule has 2 aliphatic rings. The lowest BCUT2D eigenvalue weighted by molar-refractivity contribution is 0.171. The fourth-order valence-corrected chi connectivity index (χ4v) is 5.15. The van der Waals surface area contributed by atoms with Crippen LogP contribution in [0.2, 0.25) is 0 Å². The largest absolute Gasteiger partial charge is 0.486 e. The maximum Gasteiger partial charge on any atom is 0.234 e. The highest BCUT2D eigenvalue weighted by atomic mass is 32.2. The molecule has 0 bridgehead atoms. The molecule has 4 aromatic rings. The summed E-state index contributed by atoms with van der Waals surface area (Å²) in [7, 11) is -4.13. The number of rotatable bonds is 6. The maximum atomic E-state index is 13.6. The third kappa shape index (κ3) is 4.07. The van der Waals surface area contributed by atoms with Crippen LogP contribution in [-0.4, -0.2) is 33.4 Å². The lowest BCUT2D eigenvalue weighted by Gasteiger charge is -2.18. The smallest absolute Gasteiger partial charge is 0.234 e. The van der Waals surface area contributed by atoms with Crippen molar-refractivity contribution < 1.29 is 36.2 Å². The molecule has 0 amide bonds. The topological polar surface area (TPSA) is 109 Å². The molecule has 11 heteroatoms. The number of anilines is 1. The first-order valence-electron chi connectivity index (χ1n) is 11.0. The van der Waals surface area contributed by atoms with E-state index in [4.69, 9.17) is 23.4 Å². The van der Waals surface area contributed by atoms with Gasteiger partial charge in [-0.1, -0.05) is 6.07 Å². The van der Waals surface area contributed by atoms with Crippen molar-refractivity contribution in [2.75, 3.05) is 25.3 Å². The number of oxazole rings is 1. The summed E-state index contributed by atoms with van der Waals surface area (Å²) in [6.45, 7) is 1.07. The van der Waals surface area contributed by atoms with E-state index in [-0.39, 0.29) is 35.0 Å². The van der Waals surface area contributed by atoms with Crippen molar-refractivity contribution in [2.24, 2.45) is 0 Å². The molecular formula is C25H19FN2O7S. The summed E-state index contributed by atoms with van der Waals surface area (Å²) in [5, 5.41) is 2.72. The van der Waals surface area contributed by atoms with Crippen LogP contribution in [0, 0.1) is 5.82 Å². The highest BCUT2D eigenvalue weighted by molar-refractivity contribution is 7.91. The van der Waals surface area contributed by atoms with Crippen LogP contribution in [0.4, 0.5) is 10.3 Å². The van der Waals surface area contributed by atoms with E-state index in [1.165, 1.54) is 36.4 Å². The molecule has 1 aromatic heterocycles. The Morgan fingerprint density at radius 1 is 0.833 bits per heavy atom. The lowest BCUT2D eigenvalue weighted by atomic mass is 10.2. The van der Waals surface area contributed by atoms with Crippen LogP contribution in [0.3, 0.4) is 0 Å². The molecule has 2 aliphatic heterocycles. The number of hydrogen-bond donors (Lipinski definition) is 1. The monoisotopic (exact) mass is 510 g/mol. The van der Waals surface area contributed by atoms with Gasteiger partial charge in [0, 0.05) is 18.2 Å². The molecule has 3 aromatic carbocycles. The summed E-state index contributed by atoms with van der Waals surface area (Å²) >= 11 is 0. The molecule has 0 unspecified atom stereocenters. The fraction of sp³-hybridized carbons (Fsp3) is 0.160. The van der Waals surface area contributed by atoms with Gasteiger partial charge >= 0.3 is 0 Å². The normalized spacial score (nSPS) is 14.0. The van der Waals surface area contributed by atoms with E-state index in [0.717, 1.165) is 5.56 Å². The van der Waals surface area contributed by atoms with Gasteiger partial charge in [0.15, 0.2) is 23.0 Å². The number of nitrogens with one attached hydrogen (secondary N) is 1. The Balaban J connectivity index is 1.37. The second-order valence-electron chi connectivity index (χ2n) is 8.01. The first kappa shape index (κ1) is 22.2. The Morgan fingerprint density at radius 2 is 1.53 bits per heavy atom. The van der Waals surface area contributed by atoms with Crippen molar-refractivity contribution in [1.29, 1.82) is 0 Å². The molecule has 0 aliphatic carbocycles. The van der Waals surface area contributed by atoms with Gasteiger partial charge in [0.1, 0.15) is 19.0 Å². The molecule has 0 spiro atoms. The second kappa shape index (κ2) is 8.76. The van der Waals surface area contributed by atoms with Crippen molar-refractivity contribution in [2.45, 2.75) is 16.5 Å². The minimum absolute atomic E-state index is 0.0271.